The first-order valence-electron chi connectivity index (χ1n) is 6.70. The summed E-state index contributed by atoms with van der Waals surface area (Å²) >= 11 is 0. The van der Waals surface area contributed by atoms with Gasteiger partial charge in [-0.3, -0.25) is 0 Å². The molecule has 0 aromatic rings. The van der Waals surface area contributed by atoms with Gasteiger partial charge >= 0.3 is 0 Å². The van der Waals surface area contributed by atoms with E-state index in [1.165, 1.54) is 6.04 Å². The van der Waals surface area contributed by atoms with E-state index in [0.717, 1.165) is 0 Å². The van der Waals surface area contributed by atoms with E-state index in [9.17, 15) is 0 Å². The molecular weight excluding hydrogens is 252 g/mol. The minimum absolute atomic E-state index is 0.982. The summed E-state index contributed by atoms with van der Waals surface area (Å²) in [5.41, 5.74) is 2.46. The molecule has 17 heavy (non-hydrogen) atoms. The van der Waals surface area contributed by atoms with Gasteiger partial charge in [-0.05, 0) is 6.04 Å². The average molecular weight is 285 g/mol. The van der Waals surface area contributed by atoms with Gasteiger partial charge < -0.3 is 0 Å². The van der Waals surface area contributed by atoms with Crippen LogP contribution in [-0.4, -0.2) is 24.2 Å². The Morgan fingerprint density at radius 3 is 1.59 bits per heavy atom. The molecule has 0 fully saturated rings. The van der Waals surface area contributed by atoms with Crippen LogP contribution >= 0.6 is 0 Å². The van der Waals surface area contributed by atoms with Crippen molar-refractivity contribution in [3.05, 3.63) is 23.0 Å². The van der Waals surface area contributed by atoms with E-state index in [1.807, 2.05) is 0 Å². The lowest BCUT2D eigenvalue weighted by atomic mass is 10.5. The molecule has 100 valence electrons. The third-order valence-corrected chi connectivity index (χ3v) is 7.84. The monoisotopic (exact) mass is 284 g/mol. The van der Waals surface area contributed by atoms with Gasteiger partial charge in [-0.15, -0.1) is 0 Å². The molecule has 0 radical (unpaired) electrons. The van der Waals surface area contributed by atoms with Crippen LogP contribution in [0.4, 0.5) is 0 Å². The van der Waals surface area contributed by atoms with E-state index in [0.29, 0.717) is 0 Å². The topological polar surface area (TPSA) is 0 Å². The highest BCUT2D eigenvalue weighted by Gasteiger charge is 2.24. The molecule has 0 atom stereocenters. The first kappa shape index (κ1) is 17.1. The van der Waals surface area contributed by atoms with E-state index in [1.54, 1.807) is 5.20 Å². The predicted molar refractivity (Wildman–Crippen MR) is 92.1 cm³/mol. The summed E-state index contributed by atoms with van der Waals surface area (Å²) in [6.07, 6.45) is 4.79. The summed E-state index contributed by atoms with van der Waals surface area (Å²) in [4.78, 5) is 0. The Labute approximate surface area is 112 Å². The van der Waals surface area contributed by atoms with Crippen molar-refractivity contribution in [2.24, 2.45) is 0 Å². The lowest BCUT2D eigenvalue weighted by Crippen LogP contribution is -2.31. The third kappa shape index (κ3) is 9.80. The largest absolute Gasteiger partial charge is 0.0950 e. The van der Waals surface area contributed by atoms with Crippen molar-refractivity contribution in [2.75, 3.05) is 0 Å². The Hall–Kier alpha value is 0.131. The van der Waals surface area contributed by atoms with Gasteiger partial charge in [-0.1, -0.05) is 82.0 Å². The molecule has 0 aromatic heterocycles. The summed E-state index contributed by atoms with van der Waals surface area (Å²) < 4.78 is 0. The minimum Gasteiger partial charge on any atom is -0.0950 e. The van der Waals surface area contributed by atoms with Crippen LogP contribution in [0.25, 0.3) is 0 Å². The molecule has 0 aliphatic carbocycles. The second kappa shape index (κ2) is 5.85. The second-order valence-electron chi connectivity index (χ2n) is 8.40. The molecular formula is C14H32Si3. The Morgan fingerprint density at radius 2 is 1.29 bits per heavy atom. The van der Waals surface area contributed by atoms with Gasteiger partial charge in [-0.2, -0.15) is 0 Å². The standard InChI is InChI=1S/C14H32Si3/c1-15(2,3)12-10-11-14(17(7,8)9)13-16(4,5)6/h10-12H,13H2,1-9H3/b12-10+,14-11-. The van der Waals surface area contributed by atoms with Crippen LogP contribution in [0.15, 0.2) is 23.0 Å². The maximum absolute atomic E-state index is 2.48. The van der Waals surface area contributed by atoms with Crippen LogP contribution in [0, 0.1) is 0 Å². The highest BCUT2D eigenvalue weighted by molar-refractivity contribution is 6.87. The summed E-state index contributed by atoms with van der Waals surface area (Å²) in [7, 11) is -3.16. The first-order valence-corrected chi connectivity index (χ1v) is 17.5. The molecule has 0 amide bonds. The fourth-order valence-corrected chi connectivity index (χ4v) is 7.84. The van der Waals surface area contributed by atoms with Crippen LogP contribution in [0.3, 0.4) is 0 Å². The zero-order valence-electron chi connectivity index (χ0n) is 13.4. The molecule has 0 bridgehead atoms. The number of rotatable bonds is 5. The molecule has 3 heteroatoms. The van der Waals surface area contributed by atoms with Crippen molar-refractivity contribution in [2.45, 2.75) is 65.0 Å². The van der Waals surface area contributed by atoms with Gasteiger partial charge in [0.05, 0.1) is 16.1 Å². The number of hydrogen-bond donors (Lipinski definition) is 0. The van der Waals surface area contributed by atoms with Gasteiger partial charge in [0, 0.05) is 8.07 Å². The summed E-state index contributed by atoms with van der Waals surface area (Å²) in [6, 6.07) is 1.37. The van der Waals surface area contributed by atoms with Crippen molar-refractivity contribution < 1.29 is 0 Å². The maximum atomic E-state index is 2.48. The van der Waals surface area contributed by atoms with Crippen molar-refractivity contribution >= 4 is 24.2 Å². The fourth-order valence-electron chi connectivity index (χ4n) is 1.60. The SMILES string of the molecule is C[Si](C)(C)/C=C/C=C(/C[Si](C)(C)C)[Si](C)(C)C. The fraction of sp³-hybridized carbons (Fsp3) is 0.714. The highest BCUT2D eigenvalue weighted by Crippen LogP contribution is 2.25. The number of allylic oxidation sites excluding steroid dienone is 3. The number of hydrogen-bond acceptors (Lipinski definition) is 0. The zero-order valence-corrected chi connectivity index (χ0v) is 16.4. The molecule has 0 saturated carbocycles. The molecule has 0 N–H and O–H groups in total. The summed E-state index contributed by atoms with van der Waals surface area (Å²) in [5.74, 6) is 0. The third-order valence-electron chi connectivity index (χ3n) is 2.58. The Balaban J connectivity index is 4.96. The smallest absolute Gasteiger partial charge is 0.0720 e. The summed E-state index contributed by atoms with van der Waals surface area (Å²) in [6.45, 7) is 22.0. The van der Waals surface area contributed by atoms with Gasteiger partial charge in [0.25, 0.3) is 0 Å². The average Bonchev–Trinajstić information content (AvgIpc) is 1.95. The van der Waals surface area contributed by atoms with Crippen molar-refractivity contribution in [3.8, 4) is 0 Å². The molecule has 0 nitrogen and oxygen atoms in total. The lowest BCUT2D eigenvalue weighted by Gasteiger charge is -2.27. The zero-order chi connectivity index (χ0) is 13.9. The Kier molecular flexibility index (Phi) is 5.89. The van der Waals surface area contributed by atoms with Gasteiger partial charge in [0.2, 0.25) is 0 Å². The van der Waals surface area contributed by atoms with E-state index in [2.05, 4.69) is 76.8 Å². The van der Waals surface area contributed by atoms with Crippen LogP contribution in [0.1, 0.15) is 0 Å². The van der Waals surface area contributed by atoms with Gasteiger partial charge in [-0.25, -0.2) is 0 Å². The molecule has 0 aromatic carbocycles. The van der Waals surface area contributed by atoms with Crippen molar-refractivity contribution in [3.63, 3.8) is 0 Å². The van der Waals surface area contributed by atoms with E-state index >= 15 is 0 Å². The van der Waals surface area contributed by atoms with Crippen molar-refractivity contribution in [1.29, 1.82) is 0 Å². The molecule has 0 aliphatic heterocycles. The molecule has 0 rings (SSSR count). The summed E-state index contributed by atoms with van der Waals surface area (Å²) in [5, 5.41) is 1.76. The van der Waals surface area contributed by atoms with E-state index < -0.39 is 24.2 Å². The maximum Gasteiger partial charge on any atom is 0.0720 e. The van der Waals surface area contributed by atoms with E-state index in [-0.39, 0.29) is 0 Å². The molecule has 0 aliphatic rings. The van der Waals surface area contributed by atoms with Crippen LogP contribution in [0.5, 0.6) is 0 Å². The van der Waals surface area contributed by atoms with Gasteiger partial charge in [0.15, 0.2) is 0 Å². The Morgan fingerprint density at radius 1 is 0.824 bits per heavy atom. The molecule has 0 unspecified atom stereocenters. The predicted octanol–water partition coefficient (Wildman–Crippen LogP) is 5.56. The van der Waals surface area contributed by atoms with Crippen LogP contribution < -0.4 is 0 Å². The van der Waals surface area contributed by atoms with Crippen LogP contribution in [0.2, 0.25) is 65.0 Å². The lowest BCUT2D eigenvalue weighted by molar-refractivity contribution is 1.41. The van der Waals surface area contributed by atoms with Crippen molar-refractivity contribution in [1.82, 2.24) is 0 Å². The first-order chi connectivity index (χ1) is 7.31. The Bertz CT molecular complexity index is 293. The van der Waals surface area contributed by atoms with E-state index in [4.69, 9.17) is 0 Å². The van der Waals surface area contributed by atoms with Crippen LogP contribution in [-0.2, 0) is 0 Å². The quantitative estimate of drug-likeness (QED) is 0.458. The highest BCUT2D eigenvalue weighted by atomic mass is 28.3. The molecule has 0 heterocycles. The normalized spacial score (nSPS) is 15.7. The molecule has 0 saturated heterocycles. The van der Waals surface area contributed by atoms with Gasteiger partial charge in [0.1, 0.15) is 0 Å². The molecule has 0 spiro atoms. The second-order valence-corrected chi connectivity index (χ2v) is 24.1. The minimum atomic E-state index is -1.13.